The quantitative estimate of drug-likeness (QED) is 0.597. The predicted octanol–water partition coefficient (Wildman–Crippen LogP) is 2.00. The third-order valence-electron chi connectivity index (χ3n) is 3.01. The van der Waals surface area contributed by atoms with Gasteiger partial charge in [-0.25, -0.2) is 0 Å². The van der Waals surface area contributed by atoms with Crippen molar-refractivity contribution in [2.45, 2.75) is 33.0 Å². The number of ether oxygens (including phenoxy) is 2. The third kappa shape index (κ3) is 1.38. The van der Waals surface area contributed by atoms with E-state index in [1.54, 1.807) is 0 Å². The molecular weight excluding hydrogens is 152 g/mol. The largest absolute Gasteiger partial charge is 0.352 e. The van der Waals surface area contributed by atoms with Gasteiger partial charge in [0, 0.05) is 12.5 Å². The second-order valence-electron chi connectivity index (χ2n) is 4.06. The normalized spacial score (nSPS) is 41.8. The van der Waals surface area contributed by atoms with Crippen LogP contribution in [0.25, 0.3) is 0 Å². The molecule has 2 aliphatic rings. The minimum atomic E-state index is 0.110. The first-order chi connectivity index (χ1) is 5.79. The number of hydrogen-bond acceptors (Lipinski definition) is 2. The van der Waals surface area contributed by atoms with Gasteiger partial charge in [0.25, 0.3) is 0 Å². The Kier molecular flexibility index (Phi) is 2.37. The van der Waals surface area contributed by atoms with Crippen molar-refractivity contribution in [1.29, 1.82) is 0 Å². The van der Waals surface area contributed by atoms with E-state index >= 15 is 0 Å². The molecule has 0 amide bonds. The zero-order valence-corrected chi connectivity index (χ0v) is 7.88. The van der Waals surface area contributed by atoms with E-state index in [0.717, 1.165) is 13.2 Å². The van der Waals surface area contributed by atoms with Gasteiger partial charge in [0.05, 0.1) is 6.61 Å². The van der Waals surface area contributed by atoms with E-state index in [2.05, 4.69) is 13.8 Å². The third-order valence-corrected chi connectivity index (χ3v) is 3.01. The monoisotopic (exact) mass is 169 g/mol. The highest BCUT2D eigenvalue weighted by Crippen LogP contribution is 2.39. The van der Waals surface area contributed by atoms with E-state index in [0.29, 0.717) is 11.8 Å². The molecule has 0 aromatic heterocycles. The molecule has 2 nitrogen and oxygen atoms in total. The van der Waals surface area contributed by atoms with Gasteiger partial charge in [-0.05, 0) is 24.7 Å². The molecule has 2 fully saturated rings. The summed E-state index contributed by atoms with van der Waals surface area (Å²) in [6, 6.07) is 0. The molecule has 3 atom stereocenters. The average molecular weight is 169 g/mol. The first-order valence-electron chi connectivity index (χ1n) is 4.82. The molecular formula is C10H17O2. The minimum Gasteiger partial charge on any atom is -0.352 e. The van der Waals surface area contributed by atoms with Crippen molar-refractivity contribution in [3.8, 4) is 0 Å². The number of fused-ring (bicyclic) bond motifs is 1. The average Bonchev–Trinajstić information content (AvgIpc) is 2.47. The van der Waals surface area contributed by atoms with E-state index in [9.17, 15) is 0 Å². The van der Waals surface area contributed by atoms with Gasteiger partial charge < -0.3 is 9.47 Å². The molecule has 0 aromatic rings. The molecule has 0 saturated carbocycles. The lowest BCUT2D eigenvalue weighted by molar-refractivity contribution is -0.151. The molecule has 2 heterocycles. The summed E-state index contributed by atoms with van der Waals surface area (Å²) in [7, 11) is 0. The van der Waals surface area contributed by atoms with Crippen LogP contribution in [0.15, 0.2) is 0 Å². The van der Waals surface area contributed by atoms with Gasteiger partial charge in [-0.15, -0.1) is 0 Å². The molecule has 0 aliphatic carbocycles. The maximum Gasteiger partial charge on any atom is 0.160 e. The van der Waals surface area contributed by atoms with Crippen molar-refractivity contribution < 1.29 is 9.47 Å². The van der Waals surface area contributed by atoms with Gasteiger partial charge in [0.15, 0.2) is 6.29 Å². The molecule has 2 heteroatoms. The van der Waals surface area contributed by atoms with E-state index in [1.165, 1.54) is 18.8 Å². The topological polar surface area (TPSA) is 18.5 Å². The van der Waals surface area contributed by atoms with E-state index < -0.39 is 0 Å². The lowest BCUT2D eigenvalue weighted by atomic mass is 9.82. The van der Waals surface area contributed by atoms with Crippen molar-refractivity contribution in [2.24, 2.45) is 11.8 Å². The molecule has 12 heavy (non-hydrogen) atoms. The molecule has 1 radical (unpaired) electrons. The van der Waals surface area contributed by atoms with Crippen LogP contribution < -0.4 is 0 Å². The SMILES string of the molecule is C[C](C)[C@@H]1COC2OCCC[C@@H]21. The Morgan fingerprint density at radius 1 is 1.25 bits per heavy atom. The zero-order valence-electron chi connectivity index (χ0n) is 7.88. The second-order valence-corrected chi connectivity index (χ2v) is 4.06. The van der Waals surface area contributed by atoms with Crippen molar-refractivity contribution >= 4 is 0 Å². The van der Waals surface area contributed by atoms with Crippen molar-refractivity contribution in [2.75, 3.05) is 13.2 Å². The van der Waals surface area contributed by atoms with Gasteiger partial charge in [0.1, 0.15) is 0 Å². The minimum absolute atomic E-state index is 0.110. The van der Waals surface area contributed by atoms with Crippen LogP contribution in [-0.2, 0) is 9.47 Å². The molecule has 0 N–H and O–H groups in total. The summed E-state index contributed by atoms with van der Waals surface area (Å²) < 4.78 is 11.1. The predicted molar refractivity (Wildman–Crippen MR) is 46.5 cm³/mol. The smallest absolute Gasteiger partial charge is 0.160 e. The summed E-state index contributed by atoms with van der Waals surface area (Å²) in [5.41, 5.74) is 0. The Hall–Kier alpha value is -0.0800. The Morgan fingerprint density at radius 3 is 2.83 bits per heavy atom. The van der Waals surface area contributed by atoms with Gasteiger partial charge in [-0.1, -0.05) is 13.8 Å². The van der Waals surface area contributed by atoms with Crippen LogP contribution in [0, 0.1) is 17.8 Å². The molecule has 2 aliphatic heterocycles. The highest BCUT2D eigenvalue weighted by Gasteiger charge is 2.40. The Morgan fingerprint density at radius 2 is 2.08 bits per heavy atom. The van der Waals surface area contributed by atoms with Gasteiger partial charge >= 0.3 is 0 Å². The van der Waals surface area contributed by atoms with E-state index in [1.807, 2.05) is 0 Å². The van der Waals surface area contributed by atoms with Crippen LogP contribution in [-0.4, -0.2) is 19.5 Å². The lowest BCUT2D eigenvalue weighted by Crippen LogP contribution is -2.29. The Balaban J connectivity index is 2.01. The summed E-state index contributed by atoms with van der Waals surface area (Å²) >= 11 is 0. The van der Waals surface area contributed by atoms with E-state index in [-0.39, 0.29) is 6.29 Å². The van der Waals surface area contributed by atoms with Crippen LogP contribution in [0.2, 0.25) is 0 Å². The lowest BCUT2D eigenvalue weighted by Gasteiger charge is -2.28. The van der Waals surface area contributed by atoms with Crippen LogP contribution >= 0.6 is 0 Å². The van der Waals surface area contributed by atoms with Crippen molar-refractivity contribution in [3.63, 3.8) is 0 Å². The van der Waals surface area contributed by atoms with Crippen LogP contribution in [0.3, 0.4) is 0 Å². The summed E-state index contributed by atoms with van der Waals surface area (Å²) in [4.78, 5) is 0. The second kappa shape index (κ2) is 3.35. The summed E-state index contributed by atoms with van der Waals surface area (Å²) in [5, 5.41) is 0. The van der Waals surface area contributed by atoms with Crippen molar-refractivity contribution in [1.82, 2.24) is 0 Å². The molecule has 0 aromatic carbocycles. The van der Waals surface area contributed by atoms with Crippen LogP contribution in [0.5, 0.6) is 0 Å². The zero-order chi connectivity index (χ0) is 8.55. The summed E-state index contributed by atoms with van der Waals surface area (Å²) in [5.74, 6) is 2.78. The molecule has 0 spiro atoms. The summed E-state index contributed by atoms with van der Waals surface area (Å²) in [6.07, 6.45) is 2.59. The van der Waals surface area contributed by atoms with Gasteiger partial charge in [0.2, 0.25) is 0 Å². The van der Waals surface area contributed by atoms with Gasteiger partial charge in [-0.3, -0.25) is 0 Å². The fraction of sp³-hybridized carbons (Fsp3) is 0.900. The Labute approximate surface area is 74.2 Å². The van der Waals surface area contributed by atoms with Crippen LogP contribution in [0.4, 0.5) is 0 Å². The highest BCUT2D eigenvalue weighted by atomic mass is 16.7. The Bertz CT molecular complexity index is 156. The van der Waals surface area contributed by atoms with Crippen molar-refractivity contribution in [3.05, 3.63) is 5.92 Å². The first kappa shape index (κ1) is 8.52. The number of rotatable bonds is 1. The molecule has 2 rings (SSSR count). The molecule has 2 saturated heterocycles. The fourth-order valence-corrected chi connectivity index (χ4v) is 2.26. The summed E-state index contributed by atoms with van der Waals surface area (Å²) in [6.45, 7) is 6.16. The maximum atomic E-state index is 5.59. The van der Waals surface area contributed by atoms with E-state index in [4.69, 9.17) is 9.47 Å². The highest BCUT2D eigenvalue weighted by molar-refractivity contribution is 4.96. The number of hydrogen-bond donors (Lipinski definition) is 0. The first-order valence-corrected chi connectivity index (χ1v) is 4.82. The molecule has 0 bridgehead atoms. The maximum absolute atomic E-state index is 5.59. The van der Waals surface area contributed by atoms with Crippen LogP contribution in [0.1, 0.15) is 26.7 Å². The standard InChI is InChI=1S/C10H17O2/c1-7(2)9-6-12-10-8(9)4-3-5-11-10/h8-10H,3-6H2,1-2H3/t8-,9+,10?/m1/s1. The molecule has 69 valence electrons. The fourth-order valence-electron chi connectivity index (χ4n) is 2.26. The molecule has 1 unspecified atom stereocenters. The van der Waals surface area contributed by atoms with Gasteiger partial charge in [-0.2, -0.15) is 0 Å².